The zero-order valence-electron chi connectivity index (χ0n) is 16.5. The van der Waals surface area contributed by atoms with Crippen LogP contribution in [0, 0.1) is 0 Å². The first-order valence-corrected chi connectivity index (χ1v) is 11.2. The van der Waals surface area contributed by atoms with Crippen molar-refractivity contribution in [2.45, 2.75) is 24.8 Å². The number of hydrogen-bond donors (Lipinski definition) is 2. The molecule has 0 radical (unpaired) electrons. The van der Waals surface area contributed by atoms with E-state index in [1.165, 1.54) is 0 Å². The highest BCUT2D eigenvalue weighted by Crippen LogP contribution is 2.42. The van der Waals surface area contributed by atoms with E-state index >= 15 is 0 Å². The molecule has 1 fully saturated rings. The Labute approximate surface area is 192 Å². The topological polar surface area (TPSA) is 66.6 Å². The molecule has 7 heteroatoms. The largest absolute Gasteiger partial charge is 0.465 e. The summed E-state index contributed by atoms with van der Waals surface area (Å²) in [4.78, 5) is 16.2. The summed E-state index contributed by atoms with van der Waals surface area (Å²) < 4.78 is 2.82. The molecule has 1 aliphatic rings. The van der Waals surface area contributed by atoms with Gasteiger partial charge in [0.15, 0.2) is 5.65 Å². The summed E-state index contributed by atoms with van der Waals surface area (Å²) in [5.41, 5.74) is 5.07. The van der Waals surface area contributed by atoms with Crippen LogP contribution in [0.3, 0.4) is 0 Å². The Bertz CT molecular complexity index is 1280. The van der Waals surface area contributed by atoms with Crippen LogP contribution in [-0.4, -0.2) is 20.6 Å². The lowest BCUT2D eigenvalue weighted by Crippen LogP contribution is -2.50. The van der Waals surface area contributed by atoms with Crippen molar-refractivity contribution in [3.63, 3.8) is 0 Å². The fourth-order valence-corrected chi connectivity index (χ4v) is 5.18. The molecule has 0 spiro atoms. The van der Waals surface area contributed by atoms with Gasteiger partial charge in [-0.2, -0.15) is 0 Å². The summed E-state index contributed by atoms with van der Waals surface area (Å²) >= 11 is 9.93. The number of nitrogens with zero attached hydrogens (tertiary/aromatic N) is 2. The number of amides is 1. The van der Waals surface area contributed by atoms with Crippen molar-refractivity contribution in [1.29, 1.82) is 0 Å². The predicted molar refractivity (Wildman–Crippen MR) is 125 cm³/mol. The Balaban J connectivity index is 1.65. The maximum atomic E-state index is 11.3. The molecule has 4 aromatic rings. The lowest BCUT2D eigenvalue weighted by molar-refractivity contribution is 0.144. The van der Waals surface area contributed by atoms with Gasteiger partial charge >= 0.3 is 6.09 Å². The van der Waals surface area contributed by atoms with Crippen LogP contribution in [0.25, 0.3) is 28.2 Å². The molecule has 0 unspecified atom stereocenters. The average molecular weight is 497 g/mol. The molecule has 2 heterocycles. The van der Waals surface area contributed by atoms with Gasteiger partial charge in [0.25, 0.3) is 0 Å². The maximum Gasteiger partial charge on any atom is 0.405 e. The van der Waals surface area contributed by atoms with Crippen LogP contribution < -0.4 is 5.32 Å². The van der Waals surface area contributed by atoms with E-state index in [1.807, 2.05) is 59.1 Å². The van der Waals surface area contributed by atoms with Crippen LogP contribution in [0.2, 0.25) is 5.02 Å². The van der Waals surface area contributed by atoms with Crippen molar-refractivity contribution >= 4 is 39.3 Å². The number of hydrogen-bond acceptors (Lipinski definition) is 2. The first-order chi connectivity index (χ1) is 15.0. The van der Waals surface area contributed by atoms with Crippen molar-refractivity contribution in [2.24, 2.45) is 0 Å². The van der Waals surface area contributed by atoms with E-state index in [2.05, 4.69) is 33.4 Å². The molecule has 0 atom stereocenters. The fourth-order valence-electron chi connectivity index (χ4n) is 4.31. The van der Waals surface area contributed by atoms with Crippen molar-refractivity contribution in [3.05, 3.63) is 81.9 Å². The Hall–Kier alpha value is -2.83. The van der Waals surface area contributed by atoms with Crippen LogP contribution in [-0.2, 0) is 5.54 Å². The number of rotatable bonds is 4. The van der Waals surface area contributed by atoms with Crippen LogP contribution >= 0.6 is 27.5 Å². The Morgan fingerprint density at radius 3 is 2.42 bits per heavy atom. The molecule has 5 nitrogen and oxygen atoms in total. The molecule has 1 amide bonds. The smallest absolute Gasteiger partial charge is 0.405 e. The second-order valence-corrected chi connectivity index (χ2v) is 9.11. The molecular weight excluding hydrogens is 478 g/mol. The zero-order chi connectivity index (χ0) is 21.6. The quantitative estimate of drug-likeness (QED) is 0.329. The highest BCUT2D eigenvalue weighted by atomic mass is 79.9. The lowest BCUT2D eigenvalue weighted by atomic mass is 9.72. The molecule has 0 aliphatic heterocycles. The van der Waals surface area contributed by atoms with E-state index < -0.39 is 11.6 Å². The van der Waals surface area contributed by atoms with Crippen LogP contribution in [0.4, 0.5) is 4.79 Å². The van der Waals surface area contributed by atoms with Gasteiger partial charge in [-0.05, 0) is 46.8 Å². The Kier molecular flexibility index (Phi) is 4.99. The van der Waals surface area contributed by atoms with E-state index in [0.717, 1.165) is 57.5 Å². The van der Waals surface area contributed by atoms with Gasteiger partial charge in [0.05, 0.1) is 26.4 Å². The molecule has 5 rings (SSSR count). The maximum absolute atomic E-state index is 11.3. The number of nitrogens with one attached hydrogen (secondary N) is 1. The molecule has 1 saturated carbocycles. The second-order valence-electron chi connectivity index (χ2n) is 7.82. The van der Waals surface area contributed by atoms with Crippen molar-refractivity contribution in [1.82, 2.24) is 14.7 Å². The van der Waals surface area contributed by atoms with Gasteiger partial charge in [-0.25, -0.2) is 9.78 Å². The number of carbonyl (C=O) groups is 1. The number of imidazole rings is 1. The van der Waals surface area contributed by atoms with Gasteiger partial charge in [0.1, 0.15) is 0 Å². The van der Waals surface area contributed by atoms with E-state index in [4.69, 9.17) is 16.6 Å². The highest BCUT2D eigenvalue weighted by molar-refractivity contribution is 9.10. The first-order valence-electron chi connectivity index (χ1n) is 10.0. The van der Waals surface area contributed by atoms with Crippen LogP contribution in [0.1, 0.15) is 24.8 Å². The third kappa shape index (κ3) is 3.50. The summed E-state index contributed by atoms with van der Waals surface area (Å²) in [5.74, 6) is 0. The van der Waals surface area contributed by atoms with E-state index in [9.17, 15) is 9.90 Å². The Morgan fingerprint density at radius 1 is 1.10 bits per heavy atom. The minimum absolute atomic E-state index is 0.484. The minimum Gasteiger partial charge on any atom is -0.465 e. The summed E-state index contributed by atoms with van der Waals surface area (Å²) in [5, 5.41) is 12.6. The third-order valence-electron chi connectivity index (χ3n) is 5.95. The van der Waals surface area contributed by atoms with Crippen LogP contribution in [0.15, 0.2) is 71.3 Å². The number of benzene rings is 2. The van der Waals surface area contributed by atoms with E-state index in [-0.39, 0.29) is 0 Å². The van der Waals surface area contributed by atoms with Gasteiger partial charge in [0.2, 0.25) is 0 Å². The van der Waals surface area contributed by atoms with Gasteiger partial charge < -0.3 is 10.4 Å². The number of fused-ring (bicyclic) bond motifs is 1. The number of halogens is 2. The summed E-state index contributed by atoms with van der Waals surface area (Å²) in [7, 11) is 0. The lowest BCUT2D eigenvalue weighted by Gasteiger charge is -2.42. The van der Waals surface area contributed by atoms with Gasteiger partial charge in [-0.1, -0.05) is 66.2 Å². The van der Waals surface area contributed by atoms with E-state index in [0.29, 0.717) is 5.02 Å². The van der Waals surface area contributed by atoms with Crippen molar-refractivity contribution < 1.29 is 9.90 Å². The number of pyridine rings is 1. The molecule has 31 heavy (non-hydrogen) atoms. The molecule has 1 aliphatic carbocycles. The average Bonchev–Trinajstić information content (AvgIpc) is 3.11. The summed E-state index contributed by atoms with van der Waals surface area (Å²) in [6.45, 7) is 0. The third-order valence-corrected chi connectivity index (χ3v) is 6.74. The molecule has 0 saturated heterocycles. The standard InChI is InChI=1S/C24H19BrClN3O2/c25-19-13-18(26)14-29-21(16-5-2-1-3-6-16)20(27-22(19)29)15-7-9-17(10-8-15)24(11-4-12-24)28-23(30)31/h1-3,5-10,13-14,28H,4,11-12H2,(H,30,31). The van der Waals surface area contributed by atoms with Crippen molar-refractivity contribution in [3.8, 4) is 22.5 Å². The molecule has 2 aromatic carbocycles. The minimum atomic E-state index is -0.989. The van der Waals surface area contributed by atoms with Gasteiger partial charge in [-0.15, -0.1) is 0 Å². The van der Waals surface area contributed by atoms with Crippen molar-refractivity contribution in [2.75, 3.05) is 0 Å². The molecule has 2 N–H and O–H groups in total. The predicted octanol–water partition coefficient (Wildman–Crippen LogP) is 6.73. The SMILES string of the molecule is O=C(O)NC1(c2ccc(-c3nc4c(Br)cc(Cl)cn4c3-c3ccccc3)cc2)CCC1. The molecule has 0 bridgehead atoms. The first kappa shape index (κ1) is 20.1. The molecule has 2 aromatic heterocycles. The summed E-state index contributed by atoms with van der Waals surface area (Å²) in [6, 6.07) is 20.0. The zero-order valence-corrected chi connectivity index (χ0v) is 18.8. The molecule has 156 valence electrons. The second kappa shape index (κ2) is 7.70. The monoisotopic (exact) mass is 495 g/mol. The number of aromatic nitrogens is 2. The van der Waals surface area contributed by atoms with Crippen LogP contribution in [0.5, 0.6) is 0 Å². The normalized spacial score (nSPS) is 14.9. The van der Waals surface area contributed by atoms with E-state index in [1.54, 1.807) is 0 Å². The fraction of sp³-hybridized carbons (Fsp3) is 0.167. The highest BCUT2D eigenvalue weighted by Gasteiger charge is 2.40. The number of carboxylic acid groups (broad SMARTS) is 1. The van der Waals surface area contributed by atoms with Gasteiger partial charge in [-0.3, -0.25) is 4.40 Å². The summed E-state index contributed by atoms with van der Waals surface area (Å²) in [6.07, 6.45) is 3.52. The molecular formula is C24H19BrClN3O2. The van der Waals surface area contributed by atoms with Gasteiger partial charge in [0, 0.05) is 17.3 Å². The Morgan fingerprint density at radius 2 is 1.81 bits per heavy atom.